The van der Waals surface area contributed by atoms with Crippen molar-refractivity contribution >= 4 is 11.5 Å². The summed E-state index contributed by atoms with van der Waals surface area (Å²) in [6.07, 6.45) is 0.754. The first-order chi connectivity index (χ1) is 12.4. The molecule has 0 unspecified atom stereocenters. The highest BCUT2D eigenvalue weighted by Crippen LogP contribution is 2.34. The first kappa shape index (κ1) is 16.4. The molecule has 2 aliphatic rings. The number of halogens is 3. The van der Waals surface area contributed by atoms with Crippen LogP contribution >= 0.6 is 0 Å². The second-order valence-corrected chi connectivity index (χ2v) is 5.98. The van der Waals surface area contributed by atoms with Gasteiger partial charge in [0.15, 0.2) is 0 Å². The van der Waals surface area contributed by atoms with Gasteiger partial charge in [-0.25, -0.2) is 15.0 Å². The Labute approximate surface area is 148 Å². The number of fused-ring (bicyclic) bond motifs is 1. The van der Waals surface area contributed by atoms with E-state index in [4.69, 9.17) is 0 Å². The first-order valence-electron chi connectivity index (χ1n) is 8.07. The number of aromatic nitrogens is 1. The summed E-state index contributed by atoms with van der Waals surface area (Å²) in [5, 5.41) is 3.70. The van der Waals surface area contributed by atoms with Gasteiger partial charge in [0.2, 0.25) is 0 Å². The van der Waals surface area contributed by atoms with Crippen molar-refractivity contribution in [2.75, 3.05) is 11.6 Å². The molecule has 7 heteroatoms. The molecule has 4 rings (SSSR count). The average Bonchev–Trinajstić information content (AvgIpc) is 3.04. The molecular weight excluding hydrogens is 341 g/mol. The number of hydrazine groups is 1. The number of pyridine rings is 1. The Balaban J connectivity index is 1.66. The Morgan fingerprint density at radius 2 is 1.85 bits per heavy atom. The zero-order valence-electron chi connectivity index (χ0n) is 13.9. The third kappa shape index (κ3) is 2.85. The van der Waals surface area contributed by atoms with E-state index in [1.165, 1.54) is 12.1 Å². The molecule has 4 nitrogen and oxygen atoms in total. The third-order valence-corrected chi connectivity index (χ3v) is 4.20. The molecule has 2 aromatic rings. The van der Waals surface area contributed by atoms with Gasteiger partial charge in [0.25, 0.3) is 0 Å². The van der Waals surface area contributed by atoms with Crippen molar-refractivity contribution in [3.05, 3.63) is 83.5 Å². The van der Waals surface area contributed by atoms with Crippen LogP contribution in [-0.2, 0) is 6.18 Å². The van der Waals surface area contributed by atoms with Gasteiger partial charge in [0.05, 0.1) is 17.8 Å². The maximum Gasteiger partial charge on any atom is 0.417 e. The third-order valence-electron chi connectivity index (χ3n) is 4.20. The summed E-state index contributed by atoms with van der Waals surface area (Å²) >= 11 is 0. The van der Waals surface area contributed by atoms with Crippen molar-refractivity contribution in [3.63, 3.8) is 0 Å². The monoisotopic (exact) mass is 356 g/mol. The SMILES string of the molecule is Cc1cccc(N2CC=C3N=C(c4ccccc4C(F)(F)F)C=CN32)n1. The lowest BCUT2D eigenvalue weighted by Gasteiger charge is -2.30. The number of anilines is 1. The highest BCUT2D eigenvalue weighted by atomic mass is 19.4. The zero-order chi connectivity index (χ0) is 18.3. The van der Waals surface area contributed by atoms with Crippen molar-refractivity contribution in [3.8, 4) is 0 Å². The molecule has 0 atom stereocenters. The Morgan fingerprint density at radius 1 is 1.04 bits per heavy atom. The van der Waals surface area contributed by atoms with Crippen LogP contribution in [0.5, 0.6) is 0 Å². The van der Waals surface area contributed by atoms with Gasteiger partial charge in [0.1, 0.15) is 11.6 Å². The van der Waals surface area contributed by atoms with Crippen molar-refractivity contribution < 1.29 is 13.2 Å². The fourth-order valence-corrected chi connectivity index (χ4v) is 3.01. The Morgan fingerprint density at radius 3 is 2.62 bits per heavy atom. The highest BCUT2D eigenvalue weighted by Gasteiger charge is 2.35. The quantitative estimate of drug-likeness (QED) is 0.804. The van der Waals surface area contributed by atoms with Crippen LogP contribution in [0.3, 0.4) is 0 Å². The molecule has 1 aromatic carbocycles. The van der Waals surface area contributed by atoms with Crippen LogP contribution < -0.4 is 5.01 Å². The van der Waals surface area contributed by atoms with Gasteiger partial charge in [-0.1, -0.05) is 24.3 Å². The van der Waals surface area contributed by atoms with E-state index in [1.807, 2.05) is 36.2 Å². The maximum atomic E-state index is 13.3. The van der Waals surface area contributed by atoms with Gasteiger partial charge in [-0.3, -0.25) is 5.01 Å². The smallest absolute Gasteiger partial charge is 0.259 e. The molecule has 0 radical (unpaired) electrons. The predicted molar refractivity (Wildman–Crippen MR) is 93.4 cm³/mol. The second-order valence-electron chi connectivity index (χ2n) is 5.98. The largest absolute Gasteiger partial charge is 0.417 e. The molecule has 3 heterocycles. The number of rotatable bonds is 2. The summed E-state index contributed by atoms with van der Waals surface area (Å²) < 4.78 is 39.8. The molecule has 0 saturated heterocycles. The fourth-order valence-electron chi connectivity index (χ4n) is 3.01. The molecule has 0 spiro atoms. The number of hydrogen-bond donors (Lipinski definition) is 0. The van der Waals surface area contributed by atoms with Gasteiger partial charge in [-0.2, -0.15) is 13.2 Å². The van der Waals surface area contributed by atoms with Gasteiger partial charge in [0, 0.05) is 17.5 Å². The lowest BCUT2D eigenvalue weighted by molar-refractivity contribution is -0.137. The number of benzene rings is 1. The molecule has 0 N–H and O–H groups in total. The molecule has 0 aliphatic carbocycles. The fraction of sp³-hybridized carbons (Fsp3) is 0.158. The van der Waals surface area contributed by atoms with E-state index in [0.29, 0.717) is 18.1 Å². The van der Waals surface area contributed by atoms with E-state index in [0.717, 1.165) is 17.6 Å². The Kier molecular flexibility index (Phi) is 3.79. The van der Waals surface area contributed by atoms with Crippen LogP contribution in [0, 0.1) is 6.92 Å². The van der Waals surface area contributed by atoms with Gasteiger partial charge in [-0.05, 0) is 37.3 Å². The standard InChI is InChI=1S/C19H15F3N4/c1-13-5-4-8-17(23-13)26-12-10-18-24-16(9-11-25(18)26)14-6-2-3-7-15(14)19(20,21)22/h2-11H,12H2,1H3. The van der Waals surface area contributed by atoms with E-state index in [1.54, 1.807) is 23.4 Å². The van der Waals surface area contributed by atoms with Gasteiger partial charge in [-0.15, -0.1) is 0 Å². The average molecular weight is 356 g/mol. The number of allylic oxidation sites excluding steroid dienone is 1. The summed E-state index contributed by atoms with van der Waals surface area (Å²) in [6.45, 7) is 2.46. The van der Waals surface area contributed by atoms with Crippen molar-refractivity contribution in [2.24, 2.45) is 4.99 Å². The van der Waals surface area contributed by atoms with Crippen molar-refractivity contribution in [2.45, 2.75) is 13.1 Å². The summed E-state index contributed by atoms with van der Waals surface area (Å²) in [5.41, 5.74) is 0.566. The molecule has 0 saturated carbocycles. The van der Waals surface area contributed by atoms with Crippen molar-refractivity contribution in [1.29, 1.82) is 0 Å². The van der Waals surface area contributed by atoms with Crippen LogP contribution in [0.25, 0.3) is 0 Å². The predicted octanol–water partition coefficient (Wildman–Crippen LogP) is 4.30. The van der Waals surface area contributed by atoms with Crippen molar-refractivity contribution in [1.82, 2.24) is 9.99 Å². The molecule has 132 valence electrons. The molecule has 2 aliphatic heterocycles. The minimum absolute atomic E-state index is 0.0731. The number of aliphatic imine (C=N–C) groups is 1. The minimum Gasteiger partial charge on any atom is -0.259 e. The Hall–Kier alpha value is -3.09. The summed E-state index contributed by atoms with van der Waals surface area (Å²) in [7, 11) is 0. The lowest BCUT2D eigenvalue weighted by Crippen LogP contribution is -2.35. The highest BCUT2D eigenvalue weighted by molar-refractivity contribution is 6.10. The topological polar surface area (TPSA) is 31.7 Å². The van der Waals surface area contributed by atoms with Crippen LogP contribution in [-0.4, -0.2) is 22.2 Å². The summed E-state index contributed by atoms with van der Waals surface area (Å²) in [4.78, 5) is 8.92. The maximum absolute atomic E-state index is 13.3. The molecule has 0 bridgehead atoms. The molecule has 1 aromatic heterocycles. The van der Waals surface area contributed by atoms with Crippen LogP contribution in [0.15, 0.2) is 71.6 Å². The number of alkyl halides is 3. The number of aryl methyl sites for hydroxylation is 1. The number of hydrogen-bond acceptors (Lipinski definition) is 4. The first-order valence-corrected chi connectivity index (χ1v) is 8.07. The molecule has 26 heavy (non-hydrogen) atoms. The summed E-state index contributed by atoms with van der Waals surface area (Å²) in [5.74, 6) is 1.35. The summed E-state index contributed by atoms with van der Waals surface area (Å²) in [6, 6.07) is 11.2. The Bertz CT molecular complexity index is 944. The zero-order valence-corrected chi connectivity index (χ0v) is 13.9. The van der Waals surface area contributed by atoms with Crippen LogP contribution in [0.4, 0.5) is 19.0 Å². The van der Waals surface area contributed by atoms with Gasteiger partial charge >= 0.3 is 6.18 Å². The van der Waals surface area contributed by atoms with E-state index in [9.17, 15) is 13.2 Å². The van der Waals surface area contributed by atoms with Gasteiger partial charge < -0.3 is 0 Å². The van der Waals surface area contributed by atoms with E-state index in [-0.39, 0.29) is 5.56 Å². The normalized spacial score (nSPS) is 16.5. The second kappa shape index (κ2) is 6.01. The molecule has 0 amide bonds. The molecule has 0 fully saturated rings. The van der Waals surface area contributed by atoms with Crippen LogP contribution in [0.1, 0.15) is 16.8 Å². The van der Waals surface area contributed by atoms with Crippen LogP contribution in [0.2, 0.25) is 0 Å². The minimum atomic E-state index is -4.42. The lowest BCUT2D eigenvalue weighted by atomic mass is 10.0. The van der Waals surface area contributed by atoms with E-state index >= 15 is 0 Å². The number of nitrogens with zero attached hydrogens (tertiary/aromatic N) is 4. The van der Waals surface area contributed by atoms with E-state index in [2.05, 4.69) is 9.98 Å². The van der Waals surface area contributed by atoms with E-state index < -0.39 is 11.7 Å². The molecular formula is C19H15F3N4.